The summed E-state index contributed by atoms with van der Waals surface area (Å²) in [5.41, 5.74) is 1.60. The quantitative estimate of drug-likeness (QED) is 0.452. The molecular formula is C28H32ClNO7. The van der Waals surface area contributed by atoms with Gasteiger partial charge in [0.25, 0.3) is 0 Å². The predicted octanol–water partition coefficient (Wildman–Crippen LogP) is 6.32. The lowest BCUT2D eigenvalue weighted by Gasteiger charge is -2.26. The Morgan fingerprint density at radius 3 is 2.51 bits per heavy atom. The predicted molar refractivity (Wildman–Crippen MR) is 137 cm³/mol. The summed E-state index contributed by atoms with van der Waals surface area (Å²) < 4.78 is 23.4. The van der Waals surface area contributed by atoms with E-state index < -0.39 is 18.2 Å². The SMILES string of the molecule is COc1c([C@@H](O)CC(C)C)ccc2c1C(=O)OCc1c(Cl)c(C)cc(OC(=O)N3C4CCC3CC4)c1O2. The van der Waals surface area contributed by atoms with Crippen LogP contribution in [0, 0.1) is 12.8 Å². The number of aliphatic hydroxyl groups is 1. The van der Waals surface area contributed by atoms with Crippen LogP contribution in [0.25, 0.3) is 0 Å². The molecule has 9 heteroatoms. The first-order valence-electron chi connectivity index (χ1n) is 12.8. The Kier molecular flexibility index (Phi) is 6.98. The van der Waals surface area contributed by atoms with Gasteiger partial charge < -0.3 is 29.0 Å². The van der Waals surface area contributed by atoms with Gasteiger partial charge in [0.2, 0.25) is 0 Å². The Hall–Kier alpha value is -2.97. The lowest BCUT2D eigenvalue weighted by Crippen LogP contribution is -2.37. The maximum Gasteiger partial charge on any atom is 0.415 e. The Morgan fingerprint density at radius 2 is 1.89 bits per heavy atom. The average Bonchev–Trinajstić information content (AvgIpc) is 3.45. The fraction of sp³-hybridized carbons (Fsp3) is 0.500. The number of benzene rings is 2. The zero-order valence-electron chi connectivity index (χ0n) is 21.5. The number of halogens is 1. The van der Waals surface area contributed by atoms with Crippen LogP contribution in [0.15, 0.2) is 18.2 Å². The number of carbonyl (C=O) groups excluding carboxylic acids is 2. The highest BCUT2D eigenvalue weighted by atomic mass is 35.5. The van der Waals surface area contributed by atoms with Crippen LogP contribution < -0.4 is 14.2 Å². The zero-order valence-corrected chi connectivity index (χ0v) is 22.3. The molecule has 1 amide bonds. The van der Waals surface area contributed by atoms with E-state index in [0.717, 1.165) is 25.7 Å². The Bertz CT molecular complexity index is 1220. The number of nitrogens with zero attached hydrogens (tertiary/aromatic N) is 1. The minimum absolute atomic E-state index is 0.0556. The number of ether oxygens (including phenoxy) is 4. The number of fused-ring (bicyclic) bond motifs is 4. The van der Waals surface area contributed by atoms with E-state index in [2.05, 4.69) is 0 Å². The van der Waals surface area contributed by atoms with Gasteiger partial charge in [-0.05, 0) is 68.7 Å². The summed E-state index contributed by atoms with van der Waals surface area (Å²) in [6.45, 7) is 5.61. The van der Waals surface area contributed by atoms with Crippen LogP contribution in [0.4, 0.5) is 4.79 Å². The molecule has 0 spiro atoms. The van der Waals surface area contributed by atoms with Crippen LogP contribution in [0.2, 0.25) is 5.02 Å². The van der Waals surface area contributed by atoms with E-state index in [1.165, 1.54) is 7.11 Å². The van der Waals surface area contributed by atoms with Gasteiger partial charge in [0.05, 0.1) is 23.8 Å². The van der Waals surface area contributed by atoms with Gasteiger partial charge in [0.15, 0.2) is 11.5 Å². The highest BCUT2D eigenvalue weighted by Gasteiger charge is 2.43. The highest BCUT2D eigenvalue weighted by molar-refractivity contribution is 6.32. The van der Waals surface area contributed by atoms with Gasteiger partial charge >= 0.3 is 12.1 Å². The average molecular weight is 530 g/mol. The van der Waals surface area contributed by atoms with Gasteiger partial charge in [-0.1, -0.05) is 25.4 Å². The molecule has 2 aromatic carbocycles. The van der Waals surface area contributed by atoms with Crippen LogP contribution in [0.3, 0.4) is 0 Å². The van der Waals surface area contributed by atoms with Crippen molar-refractivity contribution in [3.8, 4) is 23.0 Å². The molecule has 1 N–H and O–H groups in total. The molecule has 0 aromatic heterocycles. The summed E-state index contributed by atoms with van der Waals surface area (Å²) in [6, 6.07) is 5.33. The molecule has 2 fully saturated rings. The molecule has 0 aliphatic carbocycles. The minimum Gasteiger partial charge on any atom is -0.495 e. The third kappa shape index (κ3) is 4.61. The summed E-state index contributed by atoms with van der Waals surface area (Å²) in [7, 11) is 1.43. The second kappa shape index (κ2) is 10.1. The monoisotopic (exact) mass is 529 g/mol. The first-order chi connectivity index (χ1) is 17.7. The van der Waals surface area contributed by atoms with Gasteiger partial charge in [-0.2, -0.15) is 0 Å². The summed E-state index contributed by atoms with van der Waals surface area (Å²) in [5.74, 6) is 0.319. The van der Waals surface area contributed by atoms with Gasteiger partial charge in [0, 0.05) is 17.6 Å². The highest BCUT2D eigenvalue weighted by Crippen LogP contribution is 2.47. The fourth-order valence-corrected chi connectivity index (χ4v) is 5.92. The van der Waals surface area contributed by atoms with Gasteiger partial charge in [0.1, 0.15) is 23.7 Å². The standard InChI is InChI=1S/C28H32ClNO7/c1-14(2)11-20(31)18-9-10-21-23(26(18)34-4)27(32)35-13-19-24(29)15(3)12-22(25(19)36-21)37-28(33)30-16-5-6-17(30)8-7-16/h9-10,12,14,16-17,20,31H,5-8,11,13H2,1-4H3/t16?,17?,20-/m0/s1. The molecule has 2 bridgehead atoms. The number of rotatable bonds is 5. The molecule has 198 valence electrons. The van der Waals surface area contributed by atoms with E-state index in [0.29, 0.717) is 28.1 Å². The normalized spacial score (nSPS) is 20.9. The molecule has 2 saturated heterocycles. The van der Waals surface area contributed by atoms with E-state index in [-0.39, 0.29) is 53.2 Å². The molecule has 8 nitrogen and oxygen atoms in total. The molecule has 5 rings (SSSR count). The fourth-order valence-electron chi connectivity index (χ4n) is 5.72. The van der Waals surface area contributed by atoms with Gasteiger partial charge in [-0.15, -0.1) is 0 Å². The first-order valence-corrected chi connectivity index (χ1v) is 13.1. The van der Waals surface area contributed by atoms with Crippen LogP contribution >= 0.6 is 11.6 Å². The van der Waals surface area contributed by atoms with E-state index in [1.54, 1.807) is 25.1 Å². The van der Waals surface area contributed by atoms with Crippen molar-refractivity contribution < 1.29 is 33.6 Å². The zero-order chi connectivity index (χ0) is 26.4. The molecule has 3 aliphatic heterocycles. The molecule has 2 aromatic rings. The number of carbonyl (C=O) groups is 2. The molecule has 0 saturated carbocycles. The number of cyclic esters (lactones) is 1. The number of amides is 1. The Morgan fingerprint density at radius 1 is 1.22 bits per heavy atom. The Labute approximate surface area is 221 Å². The molecule has 0 unspecified atom stereocenters. The van der Waals surface area contributed by atoms with Crippen molar-refractivity contribution in [2.45, 2.75) is 77.7 Å². The maximum absolute atomic E-state index is 13.2. The molecule has 37 heavy (non-hydrogen) atoms. The van der Waals surface area contributed by atoms with Crippen molar-refractivity contribution in [1.29, 1.82) is 0 Å². The number of aryl methyl sites for hydroxylation is 1. The van der Waals surface area contributed by atoms with Crippen LogP contribution in [0.5, 0.6) is 23.0 Å². The van der Waals surface area contributed by atoms with Crippen LogP contribution in [0.1, 0.15) is 79.1 Å². The van der Waals surface area contributed by atoms with E-state index in [9.17, 15) is 14.7 Å². The lowest BCUT2D eigenvalue weighted by atomic mass is 9.96. The largest absolute Gasteiger partial charge is 0.495 e. The number of esters is 1. The second-order valence-electron chi connectivity index (χ2n) is 10.4. The maximum atomic E-state index is 13.2. The third-order valence-electron chi connectivity index (χ3n) is 7.49. The summed E-state index contributed by atoms with van der Waals surface area (Å²) in [4.78, 5) is 28.2. The topological polar surface area (TPSA) is 94.5 Å². The Balaban J connectivity index is 1.56. The first kappa shape index (κ1) is 25.7. The van der Waals surface area contributed by atoms with Crippen LogP contribution in [-0.4, -0.2) is 41.3 Å². The van der Waals surface area contributed by atoms with Gasteiger partial charge in [-0.3, -0.25) is 0 Å². The second-order valence-corrected chi connectivity index (χ2v) is 10.8. The minimum atomic E-state index is -0.838. The van der Waals surface area contributed by atoms with Crippen molar-refractivity contribution in [3.05, 3.63) is 45.5 Å². The molecule has 3 heterocycles. The third-order valence-corrected chi connectivity index (χ3v) is 8.02. The van der Waals surface area contributed by atoms with E-state index in [4.69, 9.17) is 30.5 Å². The number of hydrogen-bond acceptors (Lipinski definition) is 7. The molecule has 1 atom stereocenters. The van der Waals surface area contributed by atoms with Gasteiger partial charge in [-0.25, -0.2) is 9.59 Å². The van der Waals surface area contributed by atoms with Crippen molar-refractivity contribution in [2.75, 3.05) is 7.11 Å². The lowest BCUT2D eigenvalue weighted by molar-refractivity contribution is 0.0453. The number of hydrogen-bond donors (Lipinski definition) is 1. The van der Waals surface area contributed by atoms with Crippen molar-refractivity contribution in [2.24, 2.45) is 5.92 Å². The number of methoxy groups -OCH3 is 1. The van der Waals surface area contributed by atoms with Crippen molar-refractivity contribution >= 4 is 23.7 Å². The van der Waals surface area contributed by atoms with Crippen molar-refractivity contribution in [1.82, 2.24) is 4.90 Å². The number of aliphatic hydroxyl groups excluding tert-OH is 1. The van der Waals surface area contributed by atoms with Crippen molar-refractivity contribution in [3.63, 3.8) is 0 Å². The molecular weight excluding hydrogens is 498 g/mol. The van der Waals surface area contributed by atoms with E-state index >= 15 is 0 Å². The summed E-state index contributed by atoms with van der Waals surface area (Å²) in [6.07, 6.45) is 3.19. The summed E-state index contributed by atoms with van der Waals surface area (Å²) in [5, 5.41) is 11.1. The molecule has 3 aliphatic rings. The summed E-state index contributed by atoms with van der Waals surface area (Å²) >= 11 is 6.60. The van der Waals surface area contributed by atoms with Crippen LogP contribution in [-0.2, 0) is 11.3 Å². The molecule has 0 radical (unpaired) electrons. The van der Waals surface area contributed by atoms with E-state index in [1.807, 2.05) is 18.7 Å². The smallest absolute Gasteiger partial charge is 0.415 e.